The number of hydrogen-bond acceptors (Lipinski definition) is 6. The zero-order chi connectivity index (χ0) is 27.4. The third-order valence-electron chi connectivity index (χ3n) is 6.77. The lowest BCUT2D eigenvalue weighted by molar-refractivity contribution is -0.323. The van der Waals surface area contributed by atoms with Crippen molar-refractivity contribution in [2.75, 3.05) is 26.2 Å². The van der Waals surface area contributed by atoms with Crippen LogP contribution in [0, 0.1) is 0 Å². The first-order valence-electron chi connectivity index (χ1n) is 12.8. The molecule has 38 heavy (non-hydrogen) atoms. The Hall–Kier alpha value is -3.38. The normalized spacial score (nSPS) is 16.0. The second-order valence-corrected chi connectivity index (χ2v) is 9.61. The Morgan fingerprint density at radius 2 is 2.05 bits per heavy atom. The molecule has 9 nitrogen and oxygen atoms in total. The van der Waals surface area contributed by atoms with Crippen LogP contribution in [0.4, 0.5) is 18.9 Å². The largest absolute Gasteiger partial charge is 0.522 e. The average molecular weight is 535 g/mol. The van der Waals surface area contributed by atoms with Gasteiger partial charge in [-0.25, -0.2) is 4.99 Å². The van der Waals surface area contributed by atoms with Crippen LogP contribution in [0.2, 0.25) is 0 Å². The number of carbonyl (C=O) groups is 1. The fourth-order valence-corrected chi connectivity index (χ4v) is 4.76. The molecule has 0 saturated carbocycles. The number of piperidine rings is 1. The quantitative estimate of drug-likeness (QED) is 0.267. The van der Waals surface area contributed by atoms with E-state index in [2.05, 4.69) is 38.9 Å². The number of rotatable bonds is 9. The van der Waals surface area contributed by atoms with E-state index < -0.39 is 18.9 Å². The summed E-state index contributed by atoms with van der Waals surface area (Å²) in [5.74, 6) is -0.630. The number of alkyl halides is 3. The molecule has 4 rings (SSSR count). The number of nitrogens with zero attached hydrogens (tertiary/aromatic N) is 4. The van der Waals surface area contributed by atoms with Gasteiger partial charge in [0, 0.05) is 42.1 Å². The molecule has 12 heteroatoms. The number of carbonyl (C=O) groups excluding carboxylic acids is 1. The minimum atomic E-state index is -4.75. The van der Waals surface area contributed by atoms with E-state index in [9.17, 15) is 23.1 Å². The Labute approximate surface area is 218 Å². The van der Waals surface area contributed by atoms with Crippen LogP contribution < -0.4 is 5.32 Å². The molecule has 1 amide bonds. The molecule has 3 heterocycles. The van der Waals surface area contributed by atoms with Crippen LogP contribution >= 0.6 is 0 Å². The van der Waals surface area contributed by atoms with Gasteiger partial charge in [-0.2, -0.15) is 5.10 Å². The standard InChI is InChI=1S/C26H33F3N6O3/c1-4-21(32-18-14-31-35(15-18)19-7-10-34(11-8-19)16(2)3)23-20-13-17(5-6-22(20)33-25(23)37)24(36)30-9-12-38-26(27,28)29/h5-6,13-16,19,33,37H,4,7-12H2,1-3H3,(H,30,36). The minimum absolute atomic E-state index is 0.0785. The Morgan fingerprint density at radius 1 is 1.32 bits per heavy atom. The fraction of sp³-hybridized carbons (Fsp3) is 0.500. The lowest BCUT2D eigenvalue weighted by atomic mass is 10.0. The molecule has 3 aromatic rings. The summed E-state index contributed by atoms with van der Waals surface area (Å²) in [7, 11) is 0. The maximum absolute atomic E-state index is 12.5. The predicted molar refractivity (Wildman–Crippen MR) is 138 cm³/mol. The number of fused-ring (bicyclic) bond motifs is 1. The number of halogens is 3. The smallest absolute Gasteiger partial charge is 0.494 e. The molecule has 206 valence electrons. The minimum Gasteiger partial charge on any atom is -0.494 e. The SMILES string of the molecule is CCC(=Nc1cnn(C2CCN(C(C)C)CC2)c1)c1c(O)[nH]c2ccc(C(=O)NCCOC(F)(F)F)cc12. The van der Waals surface area contributed by atoms with Crippen molar-refractivity contribution in [2.45, 2.75) is 58.5 Å². The topological polar surface area (TPSA) is 108 Å². The Kier molecular flexibility index (Phi) is 8.41. The molecule has 2 aromatic heterocycles. The molecular weight excluding hydrogens is 501 g/mol. The van der Waals surface area contributed by atoms with Gasteiger partial charge < -0.3 is 20.3 Å². The van der Waals surface area contributed by atoms with Crippen molar-refractivity contribution in [1.82, 2.24) is 25.0 Å². The molecule has 0 spiro atoms. The van der Waals surface area contributed by atoms with Gasteiger partial charge in [0.05, 0.1) is 36.3 Å². The van der Waals surface area contributed by atoms with Gasteiger partial charge in [0.15, 0.2) is 5.88 Å². The summed E-state index contributed by atoms with van der Waals surface area (Å²) < 4.78 is 42.1. The van der Waals surface area contributed by atoms with Crippen LogP contribution in [-0.2, 0) is 4.74 Å². The van der Waals surface area contributed by atoms with E-state index in [0.717, 1.165) is 25.9 Å². The molecule has 1 fully saturated rings. The number of nitrogens with one attached hydrogen (secondary N) is 2. The third-order valence-corrected chi connectivity index (χ3v) is 6.77. The maximum Gasteiger partial charge on any atom is 0.522 e. The predicted octanol–water partition coefficient (Wildman–Crippen LogP) is 4.91. The molecular formula is C26H33F3N6O3. The third kappa shape index (κ3) is 6.54. The zero-order valence-electron chi connectivity index (χ0n) is 21.7. The number of aromatic amines is 1. The van der Waals surface area contributed by atoms with Gasteiger partial charge in [0.2, 0.25) is 0 Å². The molecule has 1 aliphatic rings. The summed E-state index contributed by atoms with van der Waals surface area (Å²) in [5.41, 5.74) is 2.58. The van der Waals surface area contributed by atoms with E-state index in [-0.39, 0.29) is 18.0 Å². The first kappa shape index (κ1) is 27.6. The number of aromatic hydroxyl groups is 1. The van der Waals surface area contributed by atoms with E-state index in [4.69, 9.17) is 4.99 Å². The van der Waals surface area contributed by atoms with Crippen LogP contribution in [0.3, 0.4) is 0 Å². The van der Waals surface area contributed by atoms with E-state index in [1.165, 1.54) is 6.07 Å². The summed E-state index contributed by atoms with van der Waals surface area (Å²) in [6.07, 6.45) is 1.40. The van der Waals surface area contributed by atoms with Crippen LogP contribution in [0.15, 0.2) is 35.6 Å². The molecule has 1 aliphatic heterocycles. The number of aromatic nitrogens is 3. The van der Waals surface area contributed by atoms with Crippen molar-refractivity contribution >= 4 is 28.2 Å². The van der Waals surface area contributed by atoms with Crippen molar-refractivity contribution in [1.29, 1.82) is 0 Å². The monoisotopic (exact) mass is 534 g/mol. The first-order valence-corrected chi connectivity index (χ1v) is 12.8. The number of benzene rings is 1. The average Bonchev–Trinajstić information content (AvgIpc) is 3.47. The number of amides is 1. The lowest BCUT2D eigenvalue weighted by Gasteiger charge is -2.34. The Morgan fingerprint density at radius 3 is 2.71 bits per heavy atom. The molecule has 0 aliphatic carbocycles. The second-order valence-electron chi connectivity index (χ2n) is 9.61. The lowest BCUT2D eigenvalue weighted by Crippen LogP contribution is -2.39. The summed E-state index contributed by atoms with van der Waals surface area (Å²) in [6, 6.07) is 5.58. The van der Waals surface area contributed by atoms with Gasteiger partial charge in [-0.15, -0.1) is 13.2 Å². The van der Waals surface area contributed by atoms with Crippen molar-refractivity contribution in [3.63, 3.8) is 0 Å². The number of H-pyrrole nitrogens is 1. The Bertz CT molecular complexity index is 1290. The summed E-state index contributed by atoms with van der Waals surface area (Å²) in [6.45, 7) is 7.38. The van der Waals surface area contributed by atoms with Gasteiger partial charge in [-0.1, -0.05) is 6.92 Å². The highest BCUT2D eigenvalue weighted by Gasteiger charge is 2.28. The van der Waals surface area contributed by atoms with E-state index >= 15 is 0 Å². The summed E-state index contributed by atoms with van der Waals surface area (Å²) in [5, 5.41) is 18.2. The van der Waals surface area contributed by atoms with Gasteiger partial charge in [0.1, 0.15) is 5.69 Å². The van der Waals surface area contributed by atoms with Crippen molar-refractivity contribution in [3.8, 4) is 5.88 Å². The number of likely N-dealkylation sites (tertiary alicyclic amines) is 1. The van der Waals surface area contributed by atoms with E-state index in [1.54, 1.807) is 18.3 Å². The molecule has 0 radical (unpaired) electrons. The number of aliphatic imine (C=N–C) groups is 1. The van der Waals surface area contributed by atoms with Crippen molar-refractivity contribution in [2.24, 2.45) is 4.99 Å². The highest BCUT2D eigenvalue weighted by atomic mass is 19.4. The van der Waals surface area contributed by atoms with Gasteiger partial charge in [0.25, 0.3) is 5.91 Å². The van der Waals surface area contributed by atoms with E-state index in [0.29, 0.717) is 46.4 Å². The molecule has 0 bridgehead atoms. The van der Waals surface area contributed by atoms with Crippen LogP contribution in [-0.4, -0.2) is 75.0 Å². The number of ether oxygens (including phenoxy) is 1. The molecule has 0 atom stereocenters. The van der Waals surface area contributed by atoms with Gasteiger partial charge >= 0.3 is 6.36 Å². The van der Waals surface area contributed by atoms with Crippen LogP contribution in [0.5, 0.6) is 5.88 Å². The van der Waals surface area contributed by atoms with Crippen LogP contribution in [0.1, 0.15) is 62.0 Å². The van der Waals surface area contributed by atoms with Crippen molar-refractivity contribution < 1.29 is 27.8 Å². The first-order chi connectivity index (χ1) is 18.1. The summed E-state index contributed by atoms with van der Waals surface area (Å²) in [4.78, 5) is 22.6. The number of hydrogen-bond donors (Lipinski definition) is 3. The van der Waals surface area contributed by atoms with Gasteiger partial charge in [-0.05, 0) is 51.3 Å². The second kappa shape index (κ2) is 11.6. The molecule has 1 aromatic carbocycles. The highest BCUT2D eigenvalue weighted by molar-refractivity contribution is 6.14. The van der Waals surface area contributed by atoms with Gasteiger partial charge in [-0.3, -0.25) is 14.2 Å². The molecule has 0 unspecified atom stereocenters. The van der Waals surface area contributed by atoms with Crippen molar-refractivity contribution in [3.05, 3.63) is 41.7 Å². The summed E-state index contributed by atoms with van der Waals surface area (Å²) >= 11 is 0. The van der Waals surface area contributed by atoms with Crippen LogP contribution in [0.25, 0.3) is 10.9 Å². The maximum atomic E-state index is 12.5. The Balaban J connectivity index is 1.52. The fourth-order valence-electron chi connectivity index (χ4n) is 4.76. The molecule has 3 N–H and O–H groups in total. The van der Waals surface area contributed by atoms with E-state index in [1.807, 2.05) is 17.8 Å². The highest BCUT2D eigenvalue weighted by Crippen LogP contribution is 2.31. The molecule has 1 saturated heterocycles. The zero-order valence-corrected chi connectivity index (χ0v) is 21.7.